The Morgan fingerprint density at radius 3 is 1.38 bits per heavy atom. The Labute approximate surface area is 153 Å². The zero-order valence-corrected chi connectivity index (χ0v) is 15.1. The van der Waals surface area contributed by atoms with Crippen molar-refractivity contribution in [1.29, 1.82) is 0 Å². The average Bonchev–Trinajstić information content (AvgIpc) is 2.64. The maximum Gasteiger partial charge on any atom is 0.258 e. The van der Waals surface area contributed by atoms with Crippen molar-refractivity contribution in [1.82, 2.24) is 10.6 Å². The zero-order chi connectivity index (χ0) is 18.8. The summed E-state index contributed by atoms with van der Waals surface area (Å²) < 4.78 is 10.8. The predicted molar refractivity (Wildman–Crippen MR) is 99.4 cm³/mol. The first-order valence-electron chi connectivity index (χ1n) is 8.45. The van der Waals surface area contributed by atoms with Gasteiger partial charge in [-0.05, 0) is 38.1 Å². The number of rotatable bonds is 9. The van der Waals surface area contributed by atoms with Crippen molar-refractivity contribution >= 4 is 11.8 Å². The lowest BCUT2D eigenvalue weighted by Gasteiger charge is -2.09. The molecule has 2 rings (SSSR count). The molecule has 0 heterocycles. The molecule has 26 heavy (non-hydrogen) atoms. The van der Waals surface area contributed by atoms with Gasteiger partial charge in [-0.3, -0.25) is 9.59 Å². The molecule has 6 heteroatoms. The summed E-state index contributed by atoms with van der Waals surface area (Å²) in [6.45, 7) is 4.49. The van der Waals surface area contributed by atoms with Crippen LogP contribution in [0.25, 0.3) is 0 Å². The third-order valence-corrected chi connectivity index (χ3v) is 3.55. The summed E-state index contributed by atoms with van der Waals surface area (Å²) in [4.78, 5) is 23.4. The molecule has 0 aliphatic rings. The van der Waals surface area contributed by atoms with Crippen molar-refractivity contribution in [3.05, 3.63) is 59.7 Å². The molecule has 2 aromatic rings. The number of benzene rings is 2. The van der Waals surface area contributed by atoms with E-state index in [2.05, 4.69) is 10.6 Å². The van der Waals surface area contributed by atoms with E-state index >= 15 is 0 Å². The molecular weight excluding hydrogens is 332 g/mol. The Kier molecular flexibility index (Phi) is 7.49. The minimum atomic E-state index is -0.240. The number of aryl methyl sites for hydroxylation is 2. The number of ether oxygens (including phenoxy) is 2. The number of hydrogen-bond acceptors (Lipinski definition) is 4. The fourth-order valence-corrected chi connectivity index (χ4v) is 2.07. The van der Waals surface area contributed by atoms with Gasteiger partial charge in [0.2, 0.25) is 0 Å². The molecule has 2 aromatic carbocycles. The maximum atomic E-state index is 11.7. The second-order valence-corrected chi connectivity index (χ2v) is 5.90. The molecule has 138 valence electrons. The van der Waals surface area contributed by atoms with Crippen LogP contribution in [0.1, 0.15) is 11.1 Å². The van der Waals surface area contributed by atoms with E-state index in [-0.39, 0.29) is 25.0 Å². The molecular formula is C20H24N2O4. The lowest BCUT2D eigenvalue weighted by Crippen LogP contribution is -2.38. The fraction of sp³-hybridized carbons (Fsp3) is 0.300. The van der Waals surface area contributed by atoms with Gasteiger partial charge in [0.25, 0.3) is 11.8 Å². The molecule has 0 radical (unpaired) electrons. The molecule has 0 atom stereocenters. The van der Waals surface area contributed by atoms with Crippen LogP contribution in [0, 0.1) is 13.8 Å². The second-order valence-electron chi connectivity index (χ2n) is 5.90. The van der Waals surface area contributed by atoms with E-state index in [0.29, 0.717) is 24.6 Å². The summed E-state index contributed by atoms with van der Waals surface area (Å²) in [7, 11) is 0. The van der Waals surface area contributed by atoms with Gasteiger partial charge in [0, 0.05) is 13.1 Å². The summed E-state index contributed by atoms with van der Waals surface area (Å²) in [6, 6.07) is 14.9. The van der Waals surface area contributed by atoms with Gasteiger partial charge >= 0.3 is 0 Å². The summed E-state index contributed by atoms with van der Waals surface area (Å²) in [5.74, 6) is 0.811. The van der Waals surface area contributed by atoms with Crippen molar-refractivity contribution in [2.45, 2.75) is 13.8 Å². The third kappa shape index (κ3) is 7.25. The number of amides is 2. The van der Waals surface area contributed by atoms with Gasteiger partial charge in [-0.2, -0.15) is 0 Å². The SMILES string of the molecule is Cc1ccc(OCC(=O)NCCNC(=O)COc2ccc(C)cc2)cc1. The van der Waals surface area contributed by atoms with E-state index in [4.69, 9.17) is 9.47 Å². The molecule has 0 fully saturated rings. The predicted octanol–water partition coefficient (Wildman–Crippen LogP) is 1.99. The van der Waals surface area contributed by atoms with Crippen LogP contribution in [0.15, 0.2) is 48.5 Å². The Balaban J connectivity index is 1.54. The summed E-state index contributed by atoms with van der Waals surface area (Å²) in [6.07, 6.45) is 0. The quantitative estimate of drug-likeness (QED) is 0.674. The molecule has 0 unspecified atom stereocenters. The maximum absolute atomic E-state index is 11.7. The Hall–Kier alpha value is -3.02. The van der Waals surface area contributed by atoms with E-state index in [1.165, 1.54) is 0 Å². The number of carbonyl (C=O) groups is 2. The fourth-order valence-electron chi connectivity index (χ4n) is 2.07. The van der Waals surface area contributed by atoms with Crippen LogP contribution in [0.5, 0.6) is 11.5 Å². The highest BCUT2D eigenvalue weighted by Gasteiger charge is 2.04. The van der Waals surface area contributed by atoms with Crippen molar-refractivity contribution in [2.75, 3.05) is 26.3 Å². The van der Waals surface area contributed by atoms with Gasteiger partial charge < -0.3 is 20.1 Å². The molecule has 2 N–H and O–H groups in total. The van der Waals surface area contributed by atoms with Crippen LogP contribution in [0.3, 0.4) is 0 Å². The summed E-state index contributed by atoms with van der Waals surface area (Å²) in [5.41, 5.74) is 2.26. The highest BCUT2D eigenvalue weighted by atomic mass is 16.5. The van der Waals surface area contributed by atoms with Crippen LogP contribution in [-0.4, -0.2) is 38.1 Å². The largest absolute Gasteiger partial charge is 0.484 e. The monoisotopic (exact) mass is 356 g/mol. The number of hydrogen-bond donors (Lipinski definition) is 2. The van der Waals surface area contributed by atoms with Crippen LogP contribution >= 0.6 is 0 Å². The first-order valence-corrected chi connectivity index (χ1v) is 8.45. The third-order valence-electron chi connectivity index (χ3n) is 3.55. The van der Waals surface area contributed by atoms with E-state index < -0.39 is 0 Å². The lowest BCUT2D eigenvalue weighted by atomic mass is 10.2. The van der Waals surface area contributed by atoms with Gasteiger partial charge in [0.05, 0.1) is 0 Å². The first kappa shape index (κ1) is 19.3. The summed E-state index contributed by atoms with van der Waals surface area (Å²) >= 11 is 0. The zero-order valence-electron chi connectivity index (χ0n) is 15.1. The first-order chi connectivity index (χ1) is 12.5. The molecule has 0 aromatic heterocycles. The smallest absolute Gasteiger partial charge is 0.258 e. The van der Waals surface area contributed by atoms with Crippen molar-refractivity contribution in [2.24, 2.45) is 0 Å². The molecule has 0 saturated carbocycles. The Morgan fingerprint density at radius 2 is 1.04 bits per heavy atom. The average molecular weight is 356 g/mol. The standard InChI is InChI=1S/C20H24N2O4/c1-15-3-7-17(8-4-15)25-13-19(23)21-11-12-22-20(24)14-26-18-9-5-16(2)6-10-18/h3-10H,11-14H2,1-2H3,(H,21,23)(H,22,24). The van der Waals surface area contributed by atoms with E-state index in [0.717, 1.165) is 11.1 Å². The molecule has 0 aliphatic carbocycles. The second kappa shape index (κ2) is 10.1. The van der Waals surface area contributed by atoms with Crippen LogP contribution in [-0.2, 0) is 9.59 Å². The van der Waals surface area contributed by atoms with Gasteiger partial charge in [0.1, 0.15) is 11.5 Å². The minimum absolute atomic E-state index is 0.0620. The Morgan fingerprint density at radius 1 is 0.692 bits per heavy atom. The van der Waals surface area contributed by atoms with Gasteiger partial charge in [-0.1, -0.05) is 35.4 Å². The van der Waals surface area contributed by atoms with E-state index in [9.17, 15) is 9.59 Å². The van der Waals surface area contributed by atoms with Crippen molar-refractivity contribution < 1.29 is 19.1 Å². The van der Waals surface area contributed by atoms with Crippen molar-refractivity contribution in [3.8, 4) is 11.5 Å². The molecule has 0 saturated heterocycles. The molecule has 0 spiro atoms. The topological polar surface area (TPSA) is 76.7 Å². The summed E-state index contributed by atoms with van der Waals surface area (Å²) in [5, 5.41) is 5.36. The van der Waals surface area contributed by atoms with Gasteiger partial charge in [-0.25, -0.2) is 0 Å². The van der Waals surface area contributed by atoms with Crippen LogP contribution < -0.4 is 20.1 Å². The van der Waals surface area contributed by atoms with E-state index in [1.807, 2.05) is 62.4 Å². The molecule has 2 amide bonds. The molecule has 0 bridgehead atoms. The van der Waals surface area contributed by atoms with Crippen LogP contribution in [0.2, 0.25) is 0 Å². The molecule has 0 aliphatic heterocycles. The van der Waals surface area contributed by atoms with E-state index in [1.54, 1.807) is 0 Å². The van der Waals surface area contributed by atoms with Gasteiger partial charge in [-0.15, -0.1) is 0 Å². The number of nitrogens with one attached hydrogen (secondary N) is 2. The molecule has 6 nitrogen and oxygen atoms in total. The number of carbonyl (C=O) groups excluding carboxylic acids is 2. The Bertz CT molecular complexity index is 648. The van der Waals surface area contributed by atoms with Gasteiger partial charge in [0.15, 0.2) is 13.2 Å². The van der Waals surface area contributed by atoms with Crippen molar-refractivity contribution in [3.63, 3.8) is 0 Å². The lowest BCUT2D eigenvalue weighted by molar-refractivity contribution is -0.124. The minimum Gasteiger partial charge on any atom is -0.484 e. The highest BCUT2D eigenvalue weighted by Crippen LogP contribution is 2.11. The highest BCUT2D eigenvalue weighted by molar-refractivity contribution is 5.78. The normalized spacial score (nSPS) is 10.1. The van der Waals surface area contributed by atoms with Crippen LogP contribution in [0.4, 0.5) is 0 Å².